The van der Waals surface area contributed by atoms with Crippen LogP contribution >= 0.6 is 0 Å². The molecule has 4 aliphatic rings. The predicted octanol–water partition coefficient (Wildman–Crippen LogP) is 6.93. The molecule has 0 amide bonds. The van der Waals surface area contributed by atoms with Gasteiger partial charge in [-0.1, -0.05) is 163 Å². The van der Waals surface area contributed by atoms with Crippen LogP contribution in [-0.2, 0) is 13.6 Å². The molecule has 8 rings (SSSR count). The van der Waals surface area contributed by atoms with E-state index in [-0.39, 0.29) is 45.8 Å². The zero-order valence-corrected chi connectivity index (χ0v) is 35.7. The van der Waals surface area contributed by atoms with Gasteiger partial charge in [0.25, 0.3) is 16.6 Å². The quantitative estimate of drug-likeness (QED) is 0.135. The maximum absolute atomic E-state index is 12.8. The van der Waals surface area contributed by atoms with Gasteiger partial charge in [0.1, 0.15) is 0 Å². The maximum atomic E-state index is 12.8. The number of ether oxygens (including phenoxy) is 1. The first kappa shape index (κ1) is 39.0. The Morgan fingerprint density at radius 1 is 0.527 bits per heavy atom. The highest BCUT2D eigenvalue weighted by Gasteiger charge is 2.60. The number of epoxide rings is 1. The van der Waals surface area contributed by atoms with E-state index >= 15 is 0 Å². The van der Waals surface area contributed by atoms with E-state index in [0.29, 0.717) is 25.2 Å². The Morgan fingerprint density at radius 2 is 0.945 bits per heavy atom. The van der Waals surface area contributed by atoms with E-state index in [1.165, 1.54) is 20.7 Å². The van der Waals surface area contributed by atoms with Crippen LogP contribution in [0.15, 0.2) is 121 Å². The van der Waals surface area contributed by atoms with Gasteiger partial charge in [-0.25, -0.2) is 0 Å². The SMILES string of the molecule is CC(C)(C)[Si](OC[C@H]1C[C@@H]2C[C@H]3C[C@@H]4O[C@@H]4C[C@H]3[C@H](O)[C@@H]2[C@H](O)[C@@H]1CO[Si](c1ccccc1)(c1ccccc1)C(C)(C)C)(c1ccccc1)c1ccccc1. The van der Waals surface area contributed by atoms with E-state index in [1.807, 2.05) is 0 Å². The number of aliphatic hydroxyl groups is 2. The molecule has 1 aliphatic heterocycles. The lowest BCUT2D eigenvalue weighted by Gasteiger charge is -2.55. The second-order valence-corrected chi connectivity index (χ2v) is 27.9. The van der Waals surface area contributed by atoms with E-state index in [0.717, 1.165) is 25.7 Å². The first-order chi connectivity index (χ1) is 26.3. The van der Waals surface area contributed by atoms with Crippen molar-refractivity contribution < 1.29 is 23.8 Å². The van der Waals surface area contributed by atoms with Crippen LogP contribution in [0, 0.1) is 35.5 Å². The van der Waals surface area contributed by atoms with Crippen LogP contribution in [0.4, 0.5) is 0 Å². The molecule has 7 heteroatoms. The standard InChI is InChI=1S/C48H62O5Si2/c1-47(2,3)54(36-19-11-7-12-20-36,37-21-13-8-14-22-37)51-31-35-28-34-27-33-29-42-43(53-42)30-40(33)45(49)44(34)46(50)41(35)32-52-55(48(4,5)6,38-23-15-9-16-24-38)39-25-17-10-18-26-39/h7-26,33-35,40-46,49-50H,27-32H2,1-6H3/t33-,34-,35+,40+,41+,42-,43+,44+,45-,46+/m0/s1. The molecule has 1 saturated heterocycles. The first-order valence-corrected chi connectivity index (χ1v) is 24.7. The van der Waals surface area contributed by atoms with Gasteiger partial charge in [-0.3, -0.25) is 0 Å². The number of fused-ring (bicyclic) bond motifs is 3. The molecule has 0 unspecified atom stereocenters. The van der Waals surface area contributed by atoms with Crippen molar-refractivity contribution >= 4 is 37.4 Å². The summed E-state index contributed by atoms with van der Waals surface area (Å²) in [6.07, 6.45) is 3.29. The minimum Gasteiger partial charge on any atom is -0.407 e. The summed E-state index contributed by atoms with van der Waals surface area (Å²) in [7, 11) is -5.75. The highest BCUT2D eigenvalue weighted by molar-refractivity contribution is 7.00. The smallest absolute Gasteiger partial charge is 0.261 e. The molecular formula is C48H62O5Si2. The van der Waals surface area contributed by atoms with Gasteiger partial charge in [-0.05, 0) is 80.2 Å². The Labute approximate surface area is 331 Å². The van der Waals surface area contributed by atoms with Gasteiger partial charge in [0, 0.05) is 25.0 Å². The summed E-state index contributed by atoms with van der Waals surface area (Å²) in [4.78, 5) is 0. The Bertz CT molecular complexity index is 1780. The topological polar surface area (TPSA) is 71.5 Å². The van der Waals surface area contributed by atoms with Crippen LogP contribution in [0.1, 0.15) is 67.2 Å². The van der Waals surface area contributed by atoms with Gasteiger partial charge in [0.2, 0.25) is 0 Å². The molecular weight excluding hydrogens is 713 g/mol. The molecule has 10 atom stereocenters. The normalized spacial score (nSPS) is 30.8. The van der Waals surface area contributed by atoms with Crippen molar-refractivity contribution in [2.24, 2.45) is 35.5 Å². The maximum Gasteiger partial charge on any atom is 0.261 e. The second-order valence-electron chi connectivity index (χ2n) is 19.3. The number of hydrogen-bond donors (Lipinski definition) is 2. The number of benzene rings is 4. The van der Waals surface area contributed by atoms with Crippen molar-refractivity contribution in [3.63, 3.8) is 0 Å². The average Bonchev–Trinajstić information content (AvgIpc) is 3.94. The monoisotopic (exact) mass is 774 g/mol. The highest BCUT2D eigenvalue weighted by Crippen LogP contribution is 2.56. The third-order valence-corrected chi connectivity index (χ3v) is 24.2. The van der Waals surface area contributed by atoms with Crippen molar-refractivity contribution in [2.45, 2.75) is 102 Å². The van der Waals surface area contributed by atoms with Crippen molar-refractivity contribution in [1.29, 1.82) is 0 Å². The zero-order valence-electron chi connectivity index (χ0n) is 33.7. The molecule has 2 N–H and O–H groups in total. The lowest BCUT2D eigenvalue weighted by molar-refractivity contribution is -0.160. The lowest BCUT2D eigenvalue weighted by Crippen LogP contribution is -2.68. The molecule has 292 valence electrons. The molecule has 0 aromatic heterocycles. The minimum atomic E-state index is -2.90. The number of rotatable bonds is 10. The molecule has 0 spiro atoms. The van der Waals surface area contributed by atoms with Gasteiger partial charge >= 0.3 is 0 Å². The molecule has 4 fully saturated rings. The summed E-state index contributed by atoms with van der Waals surface area (Å²) in [5.74, 6) is 0.499. The lowest BCUT2D eigenvalue weighted by atomic mass is 9.54. The van der Waals surface area contributed by atoms with E-state index < -0.39 is 28.8 Å². The molecule has 55 heavy (non-hydrogen) atoms. The fraction of sp³-hybridized carbons (Fsp3) is 0.500. The summed E-state index contributed by atoms with van der Waals surface area (Å²) >= 11 is 0. The molecule has 3 aliphatic carbocycles. The summed E-state index contributed by atoms with van der Waals surface area (Å²) in [6.45, 7) is 14.9. The molecule has 4 aromatic rings. The van der Waals surface area contributed by atoms with Crippen LogP contribution in [0.25, 0.3) is 0 Å². The Morgan fingerprint density at radius 3 is 1.38 bits per heavy atom. The average molecular weight is 775 g/mol. The molecule has 1 heterocycles. The zero-order chi connectivity index (χ0) is 38.6. The largest absolute Gasteiger partial charge is 0.407 e. The fourth-order valence-corrected chi connectivity index (χ4v) is 20.8. The van der Waals surface area contributed by atoms with Crippen molar-refractivity contribution in [2.75, 3.05) is 13.2 Å². The van der Waals surface area contributed by atoms with Crippen LogP contribution in [0.2, 0.25) is 10.1 Å². The van der Waals surface area contributed by atoms with E-state index in [2.05, 4.69) is 163 Å². The van der Waals surface area contributed by atoms with E-state index in [1.54, 1.807) is 0 Å². The summed E-state index contributed by atoms with van der Waals surface area (Å²) in [6, 6.07) is 43.4. The Balaban J connectivity index is 1.19. The van der Waals surface area contributed by atoms with Crippen LogP contribution < -0.4 is 20.7 Å². The van der Waals surface area contributed by atoms with E-state index in [4.69, 9.17) is 13.6 Å². The number of aliphatic hydroxyl groups excluding tert-OH is 2. The van der Waals surface area contributed by atoms with Gasteiger partial charge in [-0.2, -0.15) is 0 Å². The van der Waals surface area contributed by atoms with Crippen molar-refractivity contribution in [3.8, 4) is 0 Å². The van der Waals surface area contributed by atoms with Crippen molar-refractivity contribution in [1.82, 2.24) is 0 Å². The van der Waals surface area contributed by atoms with Gasteiger partial charge in [0.15, 0.2) is 0 Å². The molecule has 5 nitrogen and oxygen atoms in total. The second kappa shape index (κ2) is 15.1. The third-order valence-electron chi connectivity index (χ3n) is 14.2. The molecule has 0 radical (unpaired) electrons. The highest BCUT2D eigenvalue weighted by atomic mass is 28.4. The first-order valence-electron chi connectivity index (χ1n) is 20.9. The third kappa shape index (κ3) is 6.96. The molecule has 0 bridgehead atoms. The van der Waals surface area contributed by atoms with Gasteiger partial charge < -0.3 is 23.8 Å². The van der Waals surface area contributed by atoms with Crippen LogP contribution in [0.5, 0.6) is 0 Å². The van der Waals surface area contributed by atoms with E-state index in [9.17, 15) is 10.2 Å². The summed E-state index contributed by atoms with van der Waals surface area (Å²) in [5, 5.41) is 29.7. The number of hydrogen-bond acceptors (Lipinski definition) is 5. The summed E-state index contributed by atoms with van der Waals surface area (Å²) in [5.41, 5.74) is 0. The minimum absolute atomic E-state index is 0.0494. The van der Waals surface area contributed by atoms with Gasteiger partial charge in [-0.15, -0.1) is 0 Å². The molecule has 4 aromatic carbocycles. The predicted molar refractivity (Wildman–Crippen MR) is 227 cm³/mol. The van der Waals surface area contributed by atoms with Crippen LogP contribution in [0.3, 0.4) is 0 Å². The summed E-state index contributed by atoms with van der Waals surface area (Å²) < 4.78 is 21.4. The van der Waals surface area contributed by atoms with Crippen LogP contribution in [-0.4, -0.2) is 64.5 Å². The Hall–Kier alpha value is -2.89. The van der Waals surface area contributed by atoms with Gasteiger partial charge in [0.05, 0.1) is 24.4 Å². The Kier molecular flexibility index (Phi) is 10.7. The molecule has 3 saturated carbocycles. The van der Waals surface area contributed by atoms with Crippen molar-refractivity contribution in [3.05, 3.63) is 121 Å². The fourth-order valence-electron chi connectivity index (χ4n) is 11.6.